The molecule has 0 aromatic rings. The van der Waals surface area contributed by atoms with Crippen molar-refractivity contribution in [2.45, 2.75) is 90.1 Å². The van der Waals surface area contributed by atoms with E-state index >= 15 is 0 Å². The minimum atomic E-state index is -2.84. The molecule has 0 aromatic heterocycles. The lowest BCUT2D eigenvalue weighted by molar-refractivity contribution is 0.0531. The molecule has 0 unspecified atom stereocenters. The molecular formula is C18H42O3SSi2. The lowest BCUT2D eigenvalue weighted by Crippen LogP contribution is -2.66. The monoisotopic (exact) mass is 394 g/mol. The molecule has 24 heavy (non-hydrogen) atoms. The van der Waals surface area contributed by atoms with E-state index in [2.05, 4.69) is 55.4 Å². The molecule has 0 amide bonds. The van der Waals surface area contributed by atoms with Gasteiger partial charge in [-0.1, -0.05) is 55.4 Å². The Balaban J connectivity index is 5.76. The second kappa shape index (κ2) is 11.4. The van der Waals surface area contributed by atoms with Crippen LogP contribution >= 0.6 is 12.6 Å². The Labute approximate surface area is 160 Å². The topological polar surface area (TPSA) is 27.7 Å². The maximum absolute atomic E-state index is 6.42. The first kappa shape index (κ1) is 24.7. The quantitative estimate of drug-likeness (QED) is 0.338. The third kappa shape index (κ3) is 6.76. The van der Waals surface area contributed by atoms with Crippen LogP contribution in [0.4, 0.5) is 0 Å². The molecule has 0 radical (unpaired) electrons. The summed E-state index contributed by atoms with van der Waals surface area (Å²) in [6.45, 7) is 20.1. The summed E-state index contributed by atoms with van der Waals surface area (Å²) in [5.74, 6) is 0.623. The van der Waals surface area contributed by atoms with Crippen molar-refractivity contribution < 1.29 is 13.3 Å². The van der Waals surface area contributed by atoms with E-state index in [0.717, 1.165) is 25.7 Å². The molecule has 0 aliphatic rings. The average molecular weight is 395 g/mol. The first-order chi connectivity index (χ1) is 11.1. The number of rotatable bonds is 14. The number of hydrogen-bond acceptors (Lipinski definition) is 4. The van der Waals surface area contributed by atoms with Gasteiger partial charge in [0.25, 0.3) is 0 Å². The molecular weight excluding hydrogens is 352 g/mol. The van der Waals surface area contributed by atoms with Gasteiger partial charge in [-0.05, 0) is 36.6 Å². The van der Waals surface area contributed by atoms with Gasteiger partial charge in [0, 0.05) is 19.8 Å². The summed E-state index contributed by atoms with van der Waals surface area (Å²) in [6, 6.07) is 0. The molecule has 0 fully saturated rings. The SMILES string of the molecule is CCCO[Si](OCCC)(OCCC)[C@](S)(CC)[SiH2]C(C)(C)C(C)C. The third-order valence-corrected chi connectivity index (χ3v) is 14.5. The van der Waals surface area contributed by atoms with Crippen molar-refractivity contribution in [3.05, 3.63) is 0 Å². The fourth-order valence-corrected chi connectivity index (χ4v) is 12.7. The highest BCUT2D eigenvalue weighted by molar-refractivity contribution is 7.86. The number of thiol groups is 1. The summed E-state index contributed by atoms with van der Waals surface area (Å²) in [4.78, 5) is 0. The first-order valence-electron chi connectivity index (χ1n) is 9.78. The highest BCUT2D eigenvalue weighted by Gasteiger charge is 2.60. The summed E-state index contributed by atoms with van der Waals surface area (Å²) in [5, 5.41) is 0.288. The van der Waals surface area contributed by atoms with Gasteiger partial charge in [-0.3, -0.25) is 0 Å². The second-order valence-electron chi connectivity index (χ2n) is 7.81. The van der Waals surface area contributed by atoms with E-state index in [1.54, 1.807) is 0 Å². The van der Waals surface area contributed by atoms with Crippen molar-refractivity contribution >= 4 is 31.0 Å². The summed E-state index contributed by atoms with van der Waals surface area (Å²) < 4.78 is 19.0. The van der Waals surface area contributed by atoms with Crippen LogP contribution in [0.5, 0.6) is 0 Å². The Morgan fingerprint density at radius 1 is 0.875 bits per heavy atom. The smallest absolute Gasteiger partial charge is 0.373 e. The molecule has 0 saturated heterocycles. The van der Waals surface area contributed by atoms with Crippen LogP contribution in [-0.4, -0.2) is 42.1 Å². The van der Waals surface area contributed by atoms with Crippen molar-refractivity contribution in [2.24, 2.45) is 5.92 Å². The van der Waals surface area contributed by atoms with Crippen molar-refractivity contribution in [1.29, 1.82) is 0 Å². The highest BCUT2D eigenvalue weighted by Crippen LogP contribution is 2.43. The van der Waals surface area contributed by atoms with E-state index in [1.807, 2.05) is 0 Å². The molecule has 0 bridgehead atoms. The minimum absolute atomic E-state index is 0.222. The van der Waals surface area contributed by atoms with Crippen molar-refractivity contribution in [1.82, 2.24) is 0 Å². The lowest BCUT2D eigenvalue weighted by atomic mass is 9.99. The van der Waals surface area contributed by atoms with E-state index in [-0.39, 0.29) is 9.03 Å². The molecule has 0 aliphatic heterocycles. The average Bonchev–Trinajstić information content (AvgIpc) is 2.53. The van der Waals surface area contributed by atoms with Crippen LogP contribution in [0.15, 0.2) is 0 Å². The summed E-state index contributed by atoms with van der Waals surface area (Å²) >= 11 is 5.25. The Bertz CT molecular complexity index is 318. The maximum Gasteiger partial charge on any atom is 0.513 e. The molecule has 0 heterocycles. The molecule has 0 N–H and O–H groups in total. The summed E-state index contributed by atoms with van der Waals surface area (Å²) in [6.07, 6.45) is 3.87. The van der Waals surface area contributed by atoms with Crippen LogP contribution in [0.3, 0.4) is 0 Å². The van der Waals surface area contributed by atoms with Crippen molar-refractivity contribution in [3.8, 4) is 0 Å². The summed E-state index contributed by atoms with van der Waals surface area (Å²) in [5.41, 5.74) is 0. The van der Waals surface area contributed by atoms with Gasteiger partial charge in [0.15, 0.2) is 0 Å². The van der Waals surface area contributed by atoms with Gasteiger partial charge in [0.2, 0.25) is 0 Å². The standard InChI is InChI=1S/C18H42O3SSi2/c1-9-13-19-24(20-14-10-2,21-15-11-3)18(22,12-4)23-17(7,8)16(5)6/h16,22H,9-15,23H2,1-8H3/t18-/m0/s1. The van der Waals surface area contributed by atoms with Crippen LogP contribution in [0.1, 0.15) is 81.1 Å². The zero-order chi connectivity index (χ0) is 18.9. The van der Waals surface area contributed by atoms with Gasteiger partial charge >= 0.3 is 8.80 Å². The largest absolute Gasteiger partial charge is 0.513 e. The van der Waals surface area contributed by atoms with Crippen LogP contribution in [-0.2, 0) is 13.3 Å². The summed E-state index contributed by atoms with van der Waals surface area (Å²) in [7, 11) is -3.47. The van der Waals surface area contributed by atoms with Crippen LogP contribution in [0, 0.1) is 5.92 Å². The van der Waals surface area contributed by atoms with Gasteiger partial charge < -0.3 is 13.3 Å². The molecule has 3 nitrogen and oxygen atoms in total. The first-order valence-corrected chi connectivity index (χ1v) is 13.4. The van der Waals surface area contributed by atoms with Gasteiger partial charge in [0.1, 0.15) is 0 Å². The molecule has 146 valence electrons. The lowest BCUT2D eigenvalue weighted by Gasteiger charge is -2.46. The van der Waals surface area contributed by atoms with E-state index < -0.39 is 18.3 Å². The van der Waals surface area contributed by atoms with Gasteiger partial charge in [0.05, 0.1) is 13.5 Å². The molecule has 0 aromatic carbocycles. The fraction of sp³-hybridized carbons (Fsp3) is 1.00. The van der Waals surface area contributed by atoms with Crippen molar-refractivity contribution in [2.75, 3.05) is 19.8 Å². The molecule has 0 rings (SSSR count). The molecule has 1 atom stereocenters. The molecule has 0 spiro atoms. The predicted octanol–water partition coefficient (Wildman–Crippen LogP) is 4.80. The molecule has 0 aliphatic carbocycles. The van der Waals surface area contributed by atoms with Crippen LogP contribution < -0.4 is 0 Å². The van der Waals surface area contributed by atoms with E-state index in [0.29, 0.717) is 25.7 Å². The highest BCUT2D eigenvalue weighted by atomic mass is 32.1. The van der Waals surface area contributed by atoms with Gasteiger partial charge in [-0.25, -0.2) is 0 Å². The van der Waals surface area contributed by atoms with Crippen LogP contribution in [0.2, 0.25) is 5.04 Å². The number of hydrogen-bond donors (Lipinski definition) is 1. The fourth-order valence-electron chi connectivity index (χ4n) is 2.64. The Hall–Kier alpha value is 0.664. The predicted molar refractivity (Wildman–Crippen MR) is 114 cm³/mol. The second-order valence-corrected chi connectivity index (χ2v) is 16.7. The third-order valence-electron chi connectivity index (χ3n) is 4.95. The van der Waals surface area contributed by atoms with E-state index in [9.17, 15) is 0 Å². The zero-order valence-corrected chi connectivity index (χ0v) is 20.7. The van der Waals surface area contributed by atoms with Gasteiger partial charge in [-0.15, -0.1) is 0 Å². The van der Waals surface area contributed by atoms with E-state index in [1.165, 1.54) is 0 Å². The molecule has 0 saturated carbocycles. The van der Waals surface area contributed by atoms with Crippen molar-refractivity contribution in [3.63, 3.8) is 0 Å². The maximum atomic E-state index is 6.42. The van der Waals surface area contributed by atoms with Crippen LogP contribution in [0.25, 0.3) is 0 Å². The van der Waals surface area contributed by atoms with Gasteiger partial charge in [-0.2, -0.15) is 12.6 Å². The zero-order valence-electron chi connectivity index (χ0n) is 17.4. The Morgan fingerprint density at radius 3 is 1.50 bits per heavy atom. The molecule has 6 heteroatoms. The minimum Gasteiger partial charge on any atom is -0.373 e. The normalized spacial score (nSPS) is 16.2. The Kier molecular flexibility index (Phi) is 11.7. The Morgan fingerprint density at radius 2 is 1.25 bits per heavy atom. The van der Waals surface area contributed by atoms with E-state index in [4.69, 9.17) is 25.9 Å².